The predicted molar refractivity (Wildman–Crippen MR) is 83.5 cm³/mol. The number of fused-ring (bicyclic) bond motifs is 6. The number of rotatable bonds is 1. The largest absolute Gasteiger partial charge is 0.332 e. The average molecular weight is 310 g/mol. The Morgan fingerprint density at radius 3 is 2.57 bits per heavy atom. The van der Waals surface area contributed by atoms with Crippen LogP contribution in [0.3, 0.4) is 0 Å². The summed E-state index contributed by atoms with van der Waals surface area (Å²) in [4.78, 5) is 28.8. The van der Waals surface area contributed by atoms with Gasteiger partial charge in [-0.2, -0.15) is 0 Å². The fourth-order valence-electron chi connectivity index (χ4n) is 4.59. The SMILES string of the molecule is O=C1[C@H]2C3CCC(C3)N2C(=O)N1c1ccc(F)c2ccccc12. The van der Waals surface area contributed by atoms with Crippen LogP contribution in [0.4, 0.5) is 14.9 Å². The Kier molecular flexibility index (Phi) is 2.45. The zero-order valence-electron chi connectivity index (χ0n) is 12.4. The maximum absolute atomic E-state index is 14.0. The average Bonchev–Trinajstić information content (AvgIpc) is 3.24. The summed E-state index contributed by atoms with van der Waals surface area (Å²) in [6, 6.07) is 9.47. The van der Waals surface area contributed by atoms with Crippen LogP contribution in [0.15, 0.2) is 36.4 Å². The molecule has 2 saturated heterocycles. The Labute approximate surface area is 132 Å². The van der Waals surface area contributed by atoms with Crippen molar-refractivity contribution < 1.29 is 14.0 Å². The van der Waals surface area contributed by atoms with Gasteiger partial charge in [0, 0.05) is 16.8 Å². The second-order valence-corrected chi connectivity index (χ2v) is 6.65. The molecule has 0 N–H and O–H groups in total. The first-order valence-electron chi connectivity index (χ1n) is 8.00. The summed E-state index contributed by atoms with van der Waals surface area (Å²) in [6.45, 7) is 0. The summed E-state index contributed by atoms with van der Waals surface area (Å²) in [5, 5.41) is 1.03. The van der Waals surface area contributed by atoms with Crippen molar-refractivity contribution in [2.75, 3.05) is 4.90 Å². The van der Waals surface area contributed by atoms with E-state index >= 15 is 0 Å². The molecule has 23 heavy (non-hydrogen) atoms. The smallest absolute Gasteiger partial charge is 0.309 e. The van der Waals surface area contributed by atoms with Crippen LogP contribution in [0.25, 0.3) is 10.8 Å². The van der Waals surface area contributed by atoms with Crippen LogP contribution >= 0.6 is 0 Å². The number of nitrogens with zero attached hydrogens (tertiary/aromatic N) is 2. The standard InChI is InChI=1S/C18H15FN2O2/c19-14-7-8-15(13-4-2-1-3-12(13)14)21-17(22)16-10-5-6-11(9-10)20(16)18(21)23/h1-4,7-8,10-11,16H,5-6,9H2/t10?,11?,16-/m1/s1. The lowest BCUT2D eigenvalue weighted by atomic mass is 9.99. The van der Waals surface area contributed by atoms with Crippen molar-refractivity contribution in [3.63, 3.8) is 0 Å². The summed E-state index contributed by atoms with van der Waals surface area (Å²) < 4.78 is 14.0. The Bertz CT molecular complexity index is 837. The molecule has 3 aliphatic rings. The lowest BCUT2D eigenvalue weighted by Crippen LogP contribution is -2.40. The number of benzene rings is 2. The van der Waals surface area contributed by atoms with Crippen LogP contribution in [-0.2, 0) is 4.79 Å². The minimum atomic E-state index is -0.344. The summed E-state index contributed by atoms with van der Waals surface area (Å²) in [5.41, 5.74) is 0.491. The number of hydrogen-bond acceptors (Lipinski definition) is 2. The van der Waals surface area contributed by atoms with Gasteiger partial charge in [-0.3, -0.25) is 4.79 Å². The summed E-state index contributed by atoms with van der Waals surface area (Å²) in [6.07, 6.45) is 2.95. The topological polar surface area (TPSA) is 40.6 Å². The second-order valence-electron chi connectivity index (χ2n) is 6.65. The van der Waals surface area contributed by atoms with Gasteiger partial charge in [-0.15, -0.1) is 0 Å². The van der Waals surface area contributed by atoms with E-state index in [-0.39, 0.29) is 35.8 Å². The van der Waals surface area contributed by atoms with E-state index in [4.69, 9.17) is 0 Å². The van der Waals surface area contributed by atoms with Crippen LogP contribution in [0, 0.1) is 11.7 Å². The van der Waals surface area contributed by atoms with E-state index in [1.807, 2.05) is 0 Å². The van der Waals surface area contributed by atoms with Gasteiger partial charge in [0.2, 0.25) is 0 Å². The maximum Gasteiger partial charge on any atom is 0.332 e. The van der Waals surface area contributed by atoms with Crippen molar-refractivity contribution in [2.24, 2.45) is 5.92 Å². The molecule has 0 radical (unpaired) electrons. The van der Waals surface area contributed by atoms with Gasteiger partial charge in [0.15, 0.2) is 0 Å². The van der Waals surface area contributed by atoms with E-state index in [0.29, 0.717) is 16.5 Å². The van der Waals surface area contributed by atoms with Crippen molar-refractivity contribution >= 4 is 28.4 Å². The summed E-state index contributed by atoms with van der Waals surface area (Å²) >= 11 is 0. The first kappa shape index (κ1) is 13.0. The molecule has 2 aromatic carbocycles. The van der Waals surface area contributed by atoms with Gasteiger partial charge in [-0.1, -0.05) is 24.3 Å². The third-order valence-electron chi connectivity index (χ3n) is 5.56. The fourth-order valence-corrected chi connectivity index (χ4v) is 4.59. The van der Waals surface area contributed by atoms with E-state index < -0.39 is 0 Å². The van der Waals surface area contributed by atoms with Gasteiger partial charge in [0.05, 0.1) is 5.69 Å². The van der Waals surface area contributed by atoms with Gasteiger partial charge in [0.25, 0.3) is 5.91 Å². The second kappa shape index (κ2) is 4.31. The first-order chi connectivity index (χ1) is 11.2. The molecule has 1 aliphatic carbocycles. The van der Waals surface area contributed by atoms with Crippen molar-refractivity contribution in [1.82, 2.24) is 4.90 Å². The molecular formula is C18H15FN2O2. The number of anilines is 1. The van der Waals surface area contributed by atoms with Crippen molar-refractivity contribution in [2.45, 2.75) is 31.3 Å². The van der Waals surface area contributed by atoms with Crippen molar-refractivity contribution in [3.8, 4) is 0 Å². The molecule has 3 fully saturated rings. The number of piperidine rings is 1. The van der Waals surface area contributed by atoms with Gasteiger partial charge < -0.3 is 4.90 Å². The monoisotopic (exact) mass is 310 g/mol. The maximum atomic E-state index is 14.0. The molecule has 0 spiro atoms. The number of halogens is 1. The van der Waals surface area contributed by atoms with Crippen molar-refractivity contribution in [1.29, 1.82) is 0 Å². The van der Waals surface area contributed by atoms with Crippen LogP contribution in [0.5, 0.6) is 0 Å². The highest BCUT2D eigenvalue weighted by molar-refractivity contribution is 6.24. The zero-order chi connectivity index (χ0) is 15.7. The number of amides is 3. The highest BCUT2D eigenvalue weighted by atomic mass is 19.1. The third kappa shape index (κ3) is 1.54. The predicted octanol–water partition coefficient (Wildman–Crippen LogP) is 3.30. The van der Waals surface area contributed by atoms with E-state index in [1.165, 1.54) is 17.0 Å². The van der Waals surface area contributed by atoms with Crippen LogP contribution in [0.2, 0.25) is 0 Å². The Balaban J connectivity index is 1.67. The molecule has 116 valence electrons. The quantitative estimate of drug-likeness (QED) is 0.758. The minimum Gasteiger partial charge on any atom is -0.309 e. The Morgan fingerprint density at radius 1 is 1.00 bits per heavy atom. The molecule has 2 aromatic rings. The molecule has 2 heterocycles. The van der Waals surface area contributed by atoms with Gasteiger partial charge in [0.1, 0.15) is 11.9 Å². The highest BCUT2D eigenvalue weighted by Gasteiger charge is 2.59. The van der Waals surface area contributed by atoms with E-state index in [1.54, 1.807) is 29.2 Å². The molecule has 1 saturated carbocycles. The fraction of sp³-hybridized carbons (Fsp3) is 0.333. The number of carbonyl (C=O) groups is 2. The molecule has 2 bridgehead atoms. The highest BCUT2D eigenvalue weighted by Crippen LogP contribution is 2.47. The molecule has 5 rings (SSSR count). The summed E-state index contributed by atoms with van der Waals surface area (Å²) in [7, 11) is 0. The lowest BCUT2D eigenvalue weighted by molar-refractivity contribution is -0.120. The van der Waals surface area contributed by atoms with Gasteiger partial charge in [-0.05, 0) is 37.3 Å². The van der Waals surface area contributed by atoms with Crippen molar-refractivity contribution in [3.05, 3.63) is 42.2 Å². The third-order valence-corrected chi connectivity index (χ3v) is 5.56. The number of urea groups is 1. The van der Waals surface area contributed by atoms with E-state index in [0.717, 1.165) is 19.3 Å². The number of imide groups is 1. The molecule has 3 atom stereocenters. The molecule has 2 unspecified atom stereocenters. The number of carbonyl (C=O) groups excluding carboxylic acids is 2. The first-order valence-corrected chi connectivity index (χ1v) is 8.00. The molecule has 5 heteroatoms. The Morgan fingerprint density at radius 2 is 1.78 bits per heavy atom. The Hall–Kier alpha value is -2.43. The molecule has 3 amide bonds. The lowest BCUT2D eigenvalue weighted by Gasteiger charge is -2.25. The molecule has 4 nitrogen and oxygen atoms in total. The van der Waals surface area contributed by atoms with Crippen LogP contribution in [-0.4, -0.2) is 28.9 Å². The van der Waals surface area contributed by atoms with Crippen LogP contribution < -0.4 is 4.90 Å². The zero-order valence-corrected chi connectivity index (χ0v) is 12.4. The number of hydrogen-bond donors (Lipinski definition) is 0. The molecular weight excluding hydrogens is 295 g/mol. The van der Waals surface area contributed by atoms with E-state index in [2.05, 4.69) is 0 Å². The minimum absolute atomic E-state index is 0.154. The molecule has 0 aromatic heterocycles. The summed E-state index contributed by atoms with van der Waals surface area (Å²) in [5.74, 6) is -0.212. The van der Waals surface area contributed by atoms with Gasteiger partial charge >= 0.3 is 6.03 Å². The normalized spacial score (nSPS) is 29.0. The van der Waals surface area contributed by atoms with Crippen LogP contribution in [0.1, 0.15) is 19.3 Å². The molecule has 2 aliphatic heterocycles. The van der Waals surface area contributed by atoms with E-state index in [9.17, 15) is 14.0 Å². The van der Waals surface area contributed by atoms with Gasteiger partial charge in [-0.25, -0.2) is 14.1 Å².